The van der Waals surface area contributed by atoms with E-state index in [9.17, 15) is 4.39 Å². The van der Waals surface area contributed by atoms with Crippen molar-refractivity contribution in [2.45, 2.75) is 18.6 Å². The smallest absolute Gasteiger partial charge is 0.138 e. The van der Waals surface area contributed by atoms with Gasteiger partial charge in [0.25, 0.3) is 0 Å². The van der Waals surface area contributed by atoms with Crippen LogP contribution in [0.1, 0.15) is 23.9 Å². The van der Waals surface area contributed by atoms with Gasteiger partial charge in [-0.3, -0.25) is 4.68 Å². The Kier molecular flexibility index (Phi) is 2.22. The Balaban J connectivity index is 2.21. The van der Waals surface area contributed by atoms with Crippen LogP contribution in [-0.2, 0) is 7.05 Å². The average molecular weight is 194 g/mol. The number of hydrogen-bond donors (Lipinski definition) is 1. The normalized spacial score (nSPS) is 26.4. The van der Waals surface area contributed by atoms with Gasteiger partial charge in [-0.25, -0.2) is 4.39 Å². The first kappa shape index (κ1) is 9.16. The SMILES string of the molecule is Cn1nc([C@@H]2C[C@@H](F)CN2)cc1C#N. The third-order valence-electron chi connectivity index (χ3n) is 2.45. The zero-order valence-corrected chi connectivity index (χ0v) is 7.87. The van der Waals surface area contributed by atoms with Crippen molar-refractivity contribution in [2.24, 2.45) is 7.05 Å². The first-order chi connectivity index (χ1) is 6.70. The monoisotopic (exact) mass is 194 g/mol. The summed E-state index contributed by atoms with van der Waals surface area (Å²) in [5, 5.41) is 15.9. The highest BCUT2D eigenvalue weighted by atomic mass is 19.1. The van der Waals surface area contributed by atoms with E-state index in [0.29, 0.717) is 18.7 Å². The summed E-state index contributed by atoms with van der Waals surface area (Å²) in [7, 11) is 1.71. The van der Waals surface area contributed by atoms with Gasteiger partial charge >= 0.3 is 0 Å². The fourth-order valence-electron chi connectivity index (χ4n) is 1.68. The maximum absolute atomic E-state index is 12.9. The van der Waals surface area contributed by atoms with Crippen LogP contribution in [0, 0.1) is 11.3 Å². The van der Waals surface area contributed by atoms with Gasteiger partial charge in [0.2, 0.25) is 0 Å². The van der Waals surface area contributed by atoms with Gasteiger partial charge in [0.1, 0.15) is 17.9 Å². The molecule has 2 rings (SSSR count). The van der Waals surface area contributed by atoms with Crippen LogP contribution in [0.4, 0.5) is 4.39 Å². The number of rotatable bonds is 1. The molecule has 74 valence electrons. The Morgan fingerprint density at radius 1 is 1.79 bits per heavy atom. The van der Waals surface area contributed by atoms with E-state index in [0.717, 1.165) is 5.69 Å². The van der Waals surface area contributed by atoms with Crippen molar-refractivity contribution < 1.29 is 4.39 Å². The minimum atomic E-state index is -0.799. The standard InChI is InChI=1S/C9H11FN4/c1-14-7(4-11)3-9(13-14)8-2-6(10)5-12-8/h3,6,8,12H,2,5H2,1H3/t6-,8+/m1/s1. The number of aromatic nitrogens is 2. The Morgan fingerprint density at radius 3 is 3.07 bits per heavy atom. The van der Waals surface area contributed by atoms with Gasteiger partial charge in [-0.15, -0.1) is 0 Å². The quantitative estimate of drug-likeness (QED) is 0.714. The third-order valence-corrected chi connectivity index (χ3v) is 2.45. The second-order valence-electron chi connectivity index (χ2n) is 3.48. The molecule has 0 aromatic carbocycles. The Hall–Kier alpha value is -1.41. The lowest BCUT2D eigenvalue weighted by Crippen LogP contribution is -2.14. The Labute approximate surface area is 81.3 Å². The first-order valence-electron chi connectivity index (χ1n) is 4.52. The lowest BCUT2D eigenvalue weighted by atomic mass is 10.1. The van der Waals surface area contributed by atoms with Crippen molar-refractivity contribution in [3.05, 3.63) is 17.5 Å². The second-order valence-corrected chi connectivity index (χ2v) is 3.48. The van der Waals surface area contributed by atoms with Crippen molar-refractivity contribution >= 4 is 0 Å². The zero-order valence-electron chi connectivity index (χ0n) is 7.87. The number of nitriles is 1. The van der Waals surface area contributed by atoms with E-state index in [1.165, 1.54) is 4.68 Å². The molecule has 0 unspecified atom stereocenters. The Bertz CT molecular complexity index is 379. The van der Waals surface area contributed by atoms with Gasteiger partial charge in [-0.1, -0.05) is 0 Å². The second kappa shape index (κ2) is 3.39. The summed E-state index contributed by atoms with van der Waals surface area (Å²) >= 11 is 0. The number of hydrogen-bond acceptors (Lipinski definition) is 3. The van der Waals surface area contributed by atoms with E-state index in [1.54, 1.807) is 13.1 Å². The molecular formula is C9H11FN4. The van der Waals surface area contributed by atoms with Gasteiger partial charge in [0.15, 0.2) is 0 Å². The molecule has 1 aromatic heterocycles. The number of aryl methyl sites for hydroxylation is 1. The topological polar surface area (TPSA) is 53.6 Å². The van der Waals surface area contributed by atoms with Crippen molar-refractivity contribution in [1.29, 1.82) is 5.26 Å². The van der Waals surface area contributed by atoms with Crippen LogP contribution in [0.5, 0.6) is 0 Å². The van der Waals surface area contributed by atoms with Crippen molar-refractivity contribution in [3.63, 3.8) is 0 Å². The van der Waals surface area contributed by atoms with Gasteiger partial charge in [-0.05, 0) is 6.07 Å². The summed E-state index contributed by atoms with van der Waals surface area (Å²) in [6, 6.07) is 3.69. The molecule has 2 heterocycles. The zero-order chi connectivity index (χ0) is 10.1. The summed E-state index contributed by atoms with van der Waals surface area (Å²) in [5.74, 6) is 0. The van der Waals surface area contributed by atoms with Crippen LogP contribution in [0.2, 0.25) is 0 Å². The number of halogens is 1. The van der Waals surface area contributed by atoms with E-state index < -0.39 is 6.17 Å². The molecule has 0 bridgehead atoms. The summed E-state index contributed by atoms with van der Waals surface area (Å²) < 4.78 is 14.4. The minimum absolute atomic E-state index is 0.0432. The molecule has 1 aliphatic rings. The minimum Gasteiger partial charge on any atom is -0.306 e. The molecule has 1 N–H and O–H groups in total. The molecule has 0 aliphatic carbocycles. The predicted molar refractivity (Wildman–Crippen MR) is 48.2 cm³/mol. The first-order valence-corrected chi connectivity index (χ1v) is 4.52. The highest BCUT2D eigenvalue weighted by Gasteiger charge is 2.27. The highest BCUT2D eigenvalue weighted by Crippen LogP contribution is 2.24. The summed E-state index contributed by atoms with van der Waals surface area (Å²) in [6.45, 7) is 0.378. The molecule has 0 saturated carbocycles. The van der Waals surface area contributed by atoms with Gasteiger partial charge < -0.3 is 5.32 Å². The van der Waals surface area contributed by atoms with Crippen LogP contribution >= 0.6 is 0 Å². The predicted octanol–water partition coefficient (Wildman–Crippen LogP) is 0.664. The van der Waals surface area contributed by atoms with Crippen LogP contribution < -0.4 is 5.32 Å². The number of nitrogens with one attached hydrogen (secondary N) is 1. The van der Waals surface area contributed by atoms with Crippen molar-refractivity contribution in [3.8, 4) is 6.07 Å². The van der Waals surface area contributed by atoms with Crippen LogP contribution in [0.25, 0.3) is 0 Å². The van der Waals surface area contributed by atoms with E-state index >= 15 is 0 Å². The molecule has 4 nitrogen and oxygen atoms in total. The van der Waals surface area contributed by atoms with Gasteiger partial charge in [0.05, 0.1) is 11.7 Å². The Morgan fingerprint density at radius 2 is 2.57 bits per heavy atom. The van der Waals surface area contributed by atoms with E-state index in [-0.39, 0.29) is 6.04 Å². The third kappa shape index (κ3) is 1.49. The van der Waals surface area contributed by atoms with Crippen molar-refractivity contribution in [1.82, 2.24) is 15.1 Å². The van der Waals surface area contributed by atoms with E-state index in [4.69, 9.17) is 5.26 Å². The fourth-order valence-corrected chi connectivity index (χ4v) is 1.68. The van der Waals surface area contributed by atoms with E-state index in [1.807, 2.05) is 6.07 Å². The molecule has 0 spiro atoms. The van der Waals surface area contributed by atoms with Crippen molar-refractivity contribution in [2.75, 3.05) is 6.54 Å². The maximum Gasteiger partial charge on any atom is 0.138 e. The summed E-state index contributed by atoms with van der Waals surface area (Å²) in [4.78, 5) is 0. The van der Waals surface area contributed by atoms with Gasteiger partial charge in [-0.2, -0.15) is 10.4 Å². The molecule has 14 heavy (non-hydrogen) atoms. The molecule has 1 fully saturated rings. The summed E-state index contributed by atoms with van der Waals surface area (Å²) in [5.41, 5.74) is 1.26. The van der Waals surface area contributed by atoms with Crippen LogP contribution in [-0.4, -0.2) is 22.5 Å². The highest BCUT2D eigenvalue weighted by molar-refractivity contribution is 5.25. The molecule has 1 aliphatic heterocycles. The largest absolute Gasteiger partial charge is 0.306 e. The van der Waals surface area contributed by atoms with Crippen LogP contribution in [0.3, 0.4) is 0 Å². The lowest BCUT2D eigenvalue weighted by Gasteiger charge is -2.04. The lowest BCUT2D eigenvalue weighted by molar-refractivity contribution is 0.355. The maximum atomic E-state index is 12.9. The molecule has 1 aromatic rings. The van der Waals surface area contributed by atoms with Gasteiger partial charge in [0, 0.05) is 20.0 Å². The molecule has 1 saturated heterocycles. The molecule has 0 radical (unpaired) electrons. The molecule has 2 atom stereocenters. The average Bonchev–Trinajstić information content (AvgIpc) is 2.71. The molecular weight excluding hydrogens is 183 g/mol. The van der Waals surface area contributed by atoms with E-state index in [2.05, 4.69) is 10.4 Å². The number of nitrogens with zero attached hydrogens (tertiary/aromatic N) is 3. The molecule has 0 amide bonds. The molecule has 5 heteroatoms. The number of alkyl halides is 1. The van der Waals surface area contributed by atoms with Crippen LogP contribution in [0.15, 0.2) is 6.07 Å². The fraction of sp³-hybridized carbons (Fsp3) is 0.556. The summed E-state index contributed by atoms with van der Waals surface area (Å²) in [6.07, 6.45) is -0.352.